The molecule has 1 aromatic carbocycles. The van der Waals surface area contributed by atoms with Gasteiger partial charge >= 0.3 is 0 Å². The van der Waals surface area contributed by atoms with Gasteiger partial charge in [0.1, 0.15) is 9.96 Å². The number of sulfonamides is 1. The number of carbonyl (C=O) groups is 1. The van der Waals surface area contributed by atoms with Gasteiger partial charge in [-0.2, -0.15) is 0 Å². The number of benzene rings is 1. The third-order valence-corrected chi connectivity index (χ3v) is 5.35. The Bertz CT molecular complexity index is 769. The highest BCUT2D eigenvalue weighted by Crippen LogP contribution is 2.20. The van der Waals surface area contributed by atoms with E-state index < -0.39 is 10.0 Å². The van der Waals surface area contributed by atoms with Crippen molar-refractivity contribution in [2.24, 2.45) is 5.14 Å². The van der Waals surface area contributed by atoms with Crippen LogP contribution in [0.15, 0.2) is 40.6 Å². The summed E-state index contributed by atoms with van der Waals surface area (Å²) in [5.74, 6) is 0.374. The van der Waals surface area contributed by atoms with E-state index in [1.807, 2.05) is 25.1 Å². The van der Waals surface area contributed by atoms with Gasteiger partial charge in [0, 0.05) is 4.88 Å². The van der Waals surface area contributed by atoms with Gasteiger partial charge in [0.15, 0.2) is 6.61 Å². The molecule has 1 amide bonds. The summed E-state index contributed by atoms with van der Waals surface area (Å²) in [4.78, 5) is 12.4. The minimum Gasteiger partial charge on any atom is -0.484 e. The smallest absolute Gasteiger partial charge is 0.258 e. The highest BCUT2D eigenvalue weighted by Gasteiger charge is 2.12. The lowest BCUT2D eigenvalue weighted by molar-refractivity contribution is -0.123. The fourth-order valence-electron chi connectivity index (χ4n) is 1.70. The third-order valence-electron chi connectivity index (χ3n) is 2.83. The molecule has 0 saturated carbocycles. The van der Waals surface area contributed by atoms with E-state index in [1.54, 1.807) is 12.1 Å². The predicted molar refractivity (Wildman–Crippen MR) is 84.2 cm³/mol. The van der Waals surface area contributed by atoms with E-state index in [4.69, 9.17) is 9.88 Å². The molecule has 22 heavy (non-hydrogen) atoms. The van der Waals surface area contributed by atoms with E-state index in [9.17, 15) is 13.2 Å². The molecule has 0 bridgehead atoms. The quantitative estimate of drug-likeness (QED) is 0.830. The van der Waals surface area contributed by atoms with E-state index in [0.29, 0.717) is 10.6 Å². The van der Waals surface area contributed by atoms with Crippen LogP contribution in [0.25, 0.3) is 0 Å². The van der Waals surface area contributed by atoms with Crippen molar-refractivity contribution in [1.82, 2.24) is 5.32 Å². The first-order valence-corrected chi connectivity index (χ1v) is 8.79. The summed E-state index contributed by atoms with van der Waals surface area (Å²) in [5.41, 5.74) is 0.950. The van der Waals surface area contributed by atoms with Crippen molar-refractivity contribution in [2.45, 2.75) is 17.7 Å². The summed E-state index contributed by atoms with van der Waals surface area (Å²) in [6, 6.07) is 10.5. The van der Waals surface area contributed by atoms with E-state index in [0.717, 1.165) is 16.9 Å². The number of hydrogen-bond acceptors (Lipinski definition) is 5. The van der Waals surface area contributed by atoms with E-state index in [2.05, 4.69) is 5.32 Å². The zero-order valence-corrected chi connectivity index (χ0v) is 13.5. The summed E-state index contributed by atoms with van der Waals surface area (Å²) in [6.45, 7) is 2.03. The molecule has 0 saturated heterocycles. The van der Waals surface area contributed by atoms with Gasteiger partial charge in [0.2, 0.25) is 10.0 Å². The molecule has 0 aliphatic carbocycles. The molecule has 0 aliphatic rings. The van der Waals surface area contributed by atoms with Crippen LogP contribution in [0.5, 0.6) is 5.75 Å². The lowest BCUT2D eigenvalue weighted by atomic mass is 10.2. The second-order valence-corrected chi connectivity index (χ2v) is 7.55. The van der Waals surface area contributed by atoms with Gasteiger partial charge in [-0.05, 0) is 30.7 Å². The van der Waals surface area contributed by atoms with Gasteiger partial charge in [-0.3, -0.25) is 4.79 Å². The van der Waals surface area contributed by atoms with Crippen molar-refractivity contribution in [3.05, 3.63) is 46.8 Å². The van der Waals surface area contributed by atoms with Gasteiger partial charge in [0.25, 0.3) is 5.91 Å². The summed E-state index contributed by atoms with van der Waals surface area (Å²) >= 11 is 1.03. The molecule has 2 aromatic rings. The number of carbonyl (C=O) groups excluding carboxylic acids is 1. The van der Waals surface area contributed by atoms with Crippen molar-refractivity contribution in [2.75, 3.05) is 6.61 Å². The van der Waals surface area contributed by atoms with Crippen molar-refractivity contribution in [3.63, 3.8) is 0 Å². The van der Waals surface area contributed by atoms with Crippen LogP contribution in [0.3, 0.4) is 0 Å². The average Bonchev–Trinajstić information content (AvgIpc) is 2.93. The van der Waals surface area contributed by atoms with Crippen molar-refractivity contribution >= 4 is 27.3 Å². The Hall–Kier alpha value is -1.90. The van der Waals surface area contributed by atoms with Gasteiger partial charge in [-0.15, -0.1) is 11.3 Å². The Morgan fingerprint density at radius 3 is 2.64 bits per heavy atom. The SMILES string of the molecule is Cc1ccccc1OCC(=O)NCc1ccc(S(N)(=O)=O)s1. The first kappa shape index (κ1) is 16.5. The Labute approximate surface area is 133 Å². The second-order valence-electron chi connectivity index (χ2n) is 4.60. The first-order chi connectivity index (χ1) is 10.4. The minimum absolute atomic E-state index is 0.0768. The maximum Gasteiger partial charge on any atom is 0.258 e. The molecule has 3 N–H and O–H groups in total. The molecule has 0 radical (unpaired) electrons. The number of para-hydroxylation sites is 1. The maximum absolute atomic E-state index is 11.7. The van der Waals surface area contributed by atoms with Crippen LogP contribution in [-0.2, 0) is 21.4 Å². The number of nitrogens with one attached hydrogen (secondary N) is 1. The Morgan fingerprint density at radius 2 is 2.00 bits per heavy atom. The Balaban J connectivity index is 1.83. The largest absolute Gasteiger partial charge is 0.484 e. The number of amides is 1. The second kappa shape index (κ2) is 6.91. The number of primary sulfonamides is 1. The first-order valence-electron chi connectivity index (χ1n) is 6.43. The van der Waals surface area contributed by atoms with Gasteiger partial charge in [0.05, 0.1) is 6.54 Å². The van der Waals surface area contributed by atoms with Crippen LogP contribution >= 0.6 is 11.3 Å². The number of nitrogens with two attached hydrogens (primary N) is 1. The number of thiophene rings is 1. The Kier molecular flexibility index (Phi) is 5.17. The fourth-order valence-corrected chi connectivity index (χ4v) is 3.42. The van der Waals surface area contributed by atoms with Crippen LogP contribution in [0.1, 0.15) is 10.4 Å². The van der Waals surface area contributed by atoms with E-state index in [-0.39, 0.29) is 23.3 Å². The number of hydrogen-bond donors (Lipinski definition) is 2. The summed E-state index contributed by atoms with van der Waals surface area (Å²) < 4.78 is 27.8. The van der Waals surface area contributed by atoms with E-state index >= 15 is 0 Å². The molecule has 0 fully saturated rings. The summed E-state index contributed by atoms with van der Waals surface area (Å²) in [7, 11) is -3.69. The molecular weight excluding hydrogens is 324 g/mol. The molecule has 1 aromatic heterocycles. The van der Waals surface area contributed by atoms with Gasteiger partial charge < -0.3 is 10.1 Å². The number of ether oxygens (including phenoxy) is 1. The van der Waals surface area contributed by atoms with Crippen molar-refractivity contribution < 1.29 is 17.9 Å². The molecule has 1 heterocycles. The molecular formula is C14H16N2O4S2. The van der Waals surface area contributed by atoms with Crippen LogP contribution in [0, 0.1) is 6.92 Å². The van der Waals surface area contributed by atoms with Gasteiger partial charge in [-0.25, -0.2) is 13.6 Å². The van der Waals surface area contributed by atoms with E-state index in [1.165, 1.54) is 6.07 Å². The molecule has 0 aliphatic heterocycles. The monoisotopic (exact) mass is 340 g/mol. The molecule has 0 unspecified atom stereocenters. The lowest BCUT2D eigenvalue weighted by Gasteiger charge is -2.08. The predicted octanol–water partition coefficient (Wildman–Crippen LogP) is 1.40. The fraction of sp³-hybridized carbons (Fsp3) is 0.214. The summed E-state index contributed by atoms with van der Waals surface area (Å²) in [6.07, 6.45) is 0. The molecule has 0 spiro atoms. The molecule has 0 atom stereocenters. The highest BCUT2D eigenvalue weighted by molar-refractivity contribution is 7.91. The van der Waals surface area contributed by atoms with Crippen LogP contribution in [0.4, 0.5) is 0 Å². The summed E-state index contributed by atoms with van der Waals surface area (Å²) in [5, 5.41) is 7.69. The number of rotatable bonds is 6. The molecule has 2 rings (SSSR count). The molecule has 8 heteroatoms. The van der Waals surface area contributed by atoms with Crippen molar-refractivity contribution in [3.8, 4) is 5.75 Å². The third kappa shape index (κ3) is 4.55. The highest BCUT2D eigenvalue weighted by atomic mass is 32.2. The Morgan fingerprint density at radius 1 is 1.27 bits per heavy atom. The van der Waals surface area contributed by atoms with Crippen LogP contribution in [0.2, 0.25) is 0 Å². The molecule has 118 valence electrons. The zero-order chi connectivity index (χ0) is 16.2. The zero-order valence-electron chi connectivity index (χ0n) is 11.9. The average molecular weight is 340 g/mol. The van der Waals surface area contributed by atoms with Crippen LogP contribution < -0.4 is 15.2 Å². The normalized spacial score (nSPS) is 11.2. The standard InChI is InChI=1S/C14H16N2O4S2/c1-10-4-2-3-5-12(10)20-9-13(17)16-8-11-6-7-14(21-11)22(15,18)19/h2-7H,8-9H2,1H3,(H,16,17)(H2,15,18,19). The number of aryl methyl sites for hydroxylation is 1. The lowest BCUT2D eigenvalue weighted by Crippen LogP contribution is -2.28. The van der Waals surface area contributed by atoms with Crippen molar-refractivity contribution in [1.29, 1.82) is 0 Å². The molecule has 6 nitrogen and oxygen atoms in total. The topological polar surface area (TPSA) is 98.5 Å². The van der Waals surface area contributed by atoms with Crippen LogP contribution in [-0.4, -0.2) is 20.9 Å². The maximum atomic E-state index is 11.7. The van der Waals surface area contributed by atoms with Gasteiger partial charge in [-0.1, -0.05) is 18.2 Å². The minimum atomic E-state index is -3.69.